The lowest BCUT2D eigenvalue weighted by Crippen LogP contribution is -2.25. The highest BCUT2D eigenvalue weighted by molar-refractivity contribution is 6.42. The van der Waals surface area contributed by atoms with E-state index < -0.39 is 6.61 Å². The Morgan fingerprint density at radius 1 is 1.15 bits per heavy atom. The SMILES string of the molecule is COc1cc(CCNC(=O)CCc2cccc(Cl)c2Cl)ccc1OC(F)F. The lowest BCUT2D eigenvalue weighted by molar-refractivity contribution is -0.121. The van der Waals surface area contributed by atoms with Crippen molar-refractivity contribution in [2.24, 2.45) is 0 Å². The van der Waals surface area contributed by atoms with Crippen molar-refractivity contribution in [2.75, 3.05) is 13.7 Å². The van der Waals surface area contributed by atoms with E-state index >= 15 is 0 Å². The first-order valence-corrected chi connectivity index (χ1v) is 8.97. The Bertz CT molecular complexity index is 788. The molecule has 0 aliphatic heterocycles. The van der Waals surface area contributed by atoms with Gasteiger partial charge in [0.25, 0.3) is 0 Å². The predicted octanol–water partition coefficient (Wildman–Crippen LogP) is 4.89. The number of benzene rings is 2. The minimum Gasteiger partial charge on any atom is -0.493 e. The molecule has 1 N–H and O–H groups in total. The molecule has 4 nitrogen and oxygen atoms in total. The number of rotatable bonds is 9. The molecule has 27 heavy (non-hydrogen) atoms. The average Bonchev–Trinajstić information content (AvgIpc) is 2.63. The van der Waals surface area contributed by atoms with Crippen molar-refractivity contribution in [2.45, 2.75) is 25.9 Å². The summed E-state index contributed by atoms with van der Waals surface area (Å²) in [5, 5.41) is 3.74. The lowest BCUT2D eigenvalue weighted by Gasteiger charge is -2.12. The van der Waals surface area contributed by atoms with E-state index in [0.717, 1.165) is 11.1 Å². The number of hydrogen-bond acceptors (Lipinski definition) is 3. The Morgan fingerprint density at radius 3 is 2.63 bits per heavy atom. The van der Waals surface area contributed by atoms with Gasteiger partial charge < -0.3 is 14.8 Å². The van der Waals surface area contributed by atoms with Crippen molar-refractivity contribution in [1.29, 1.82) is 0 Å². The minimum atomic E-state index is -2.92. The molecule has 1 amide bonds. The van der Waals surface area contributed by atoms with Gasteiger partial charge in [0.1, 0.15) is 0 Å². The zero-order chi connectivity index (χ0) is 19.8. The molecule has 0 aromatic heterocycles. The Hall–Kier alpha value is -2.05. The van der Waals surface area contributed by atoms with E-state index in [1.54, 1.807) is 24.3 Å². The molecule has 0 aliphatic rings. The van der Waals surface area contributed by atoms with E-state index in [0.29, 0.717) is 29.4 Å². The van der Waals surface area contributed by atoms with Crippen molar-refractivity contribution in [3.63, 3.8) is 0 Å². The number of amides is 1. The molecule has 146 valence electrons. The molecule has 0 atom stereocenters. The van der Waals surface area contributed by atoms with Crippen LogP contribution in [-0.2, 0) is 17.6 Å². The number of carbonyl (C=O) groups is 1. The highest BCUT2D eigenvalue weighted by Gasteiger charge is 2.11. The number of ether oxygens (including phenoxy) is 2. The van der Waals surface area contributed by atoms with E-state index in [-0.39, 0.29) is 23.8 Å². The number of halogens is 4. The quantitative estimate of drug-likeness (QED) is 0.631. The van der Waals surface area contributed by atoms with E-state index in [4.69, 9.17) is 27.9 Å². The van der Waals surface area contributed by atoms with Crippen molar-refractivity contribution in [3.05, 3.63) is 57.6 Å². The normalized spacial score (nSPS) is 10.7. The topological polar surface area (TPSA) is 47.6 Å². The molecule has 2 aromatic rings. The first kappa shape index (κ1) is 21.3. The van der Waals surface area contributed by atoms with Crippen LogP contribution in [0.5, 0.6) is 11.5 Å². The zero-order valence-corrected chi connectivity index (χ0v) is 16.1. The summed E-state index contributed by atoms with van der Waals surface area (Å²) in [4.78, 5) is 12.0. The Balaban J connectivity index is 1.81. The maximum absolute atomic E-state index is 12.3. The first-order chi connectivity index (χ1) is 12.9. The summed E-state index contributed by atoms with van der Waals surface area (Å²) in [6.45, 7) is -2.52. The van der Waals surface area contributed by atoms with Gasteiger partial charge in [-0.15, -0.1) is 0 Å². The largest absolute Gasteiger partial charge is 0.493 e. The fraction of sp³-hybridized carbons (Fsp3) is 0.316. The molecule has 0 heterocycles. The number of methoxy groups -OCH3 is 1. The molecule has 2 rings (SSSR count). The van der Waals surface area contributed by atoms with Gasteiger partial charge in [0.15, 0.2) is 11.5 Å². The van der Waals surface area contributed by atoms with Crippen LogP contribution in [0.2, 0.25) is 10.0 Å². The molecular weight excluding hydrogens is 399 g/mol. The molecule has 0 saturated carbocycles. The lowest BCUT2D eigenvalue weighted by atomic mass is 10.1. The third-order valence-electron chi connectivity index (χ3n) is 3.83. The van der Waals surface area contributed by atoms with E-state index in [1.807, 2.05) is 6.07 Å². The minimum absolute atomic E-state index is 0.0290. The summed E-state index contributed by atoms with van der Waals surface area (Å²) in [5.74, 6) is 0.0732. The van der Waals surface area contributed by atoms with Crippen molar-refractivity contribution in [1.82, 2.24) is 5.32 Å². The number of carbonyl (C=O) groups excluding carboxylic acids is 1. The van der Waals surface area contributed by atoms with Gasteiger partial charge in [-0.2, -0.15) is 8.78 Å². The summed E-state index contributed by atoms with van der Waals surface area (Å²) in [6, 6.07) is 9.99. The van der Waals surface area contributed by atoms with Crippen molar-refractivity contribution < 1.29 is 23.0 Å². The predicted molar refractivity (Wildman–Crippen MR) is 101 cm³/mol. The number of aryl methyl sites for hydroxylation is 1. The van der Waals surface area contributed by atoms with Crippen LogP contribution in [0.4, 0.5) is 8.78 Å². The highest BCUT2D eigenvalue weighted by atomic mass is 35.5. The van der Waals surface area contributed by atoms with Crippen LogP contribution in [0.25, 0.3) is 0 Å². The molecule has 8 heteroatoms. The maximum Gasteiger partial charge on any atom is 0.387 e. The van der Waals surface area contributed by atoms with E-state index in [1.165, 1.54) is 13.2 Å². The number of nitrogens with one attached hydrogen (secondary N) is 1. The van der Waals surface area contributed by atoms with Gasteiger partial charge in [0.05, 0.1) is 17.2 Å². The van der Waals surface area contributed by atoms with Crippen LogP contribution >= 0.6 is 23.2 Å². The van der Waals surface area contributed by atoms with Gasteiger partial charge in [0.2, 0.25) is 5.91 Å². The second-order valence-electron chi connectivity index (χ2n) is 5.68. The van der Waals surface area contributed by atoms with Gasteiger partial charge in [-0.25, -0.2) is 0 Å². The highest BCUT2D eigenvalue weighted by Crippen LogP contribution is 2.29. The second-order valence-corrected chi connectivity index (χ2v) is 6.46. The Morgan fingerprint density at radius 2 is 1.93 bits per heavy atom. The van der Waals surface area contributed by atoms with Crippen LogP contribution in [-0.4, -0.2) is 26.2 Å². The maximum atomic E-state index is 12.3. The third kappa shape index (κ3) is 6.56. The van der Waals surface area contributed by atoms with Gasteiger partial charge in [-0.05, 0) is 42.2 Å². The van der Waals surface area contributed by atoms with Crippen LogP contribution < -0.4 is 14.8 Å². The molecule has 0 aliphatic carbocycles. The smallest absolute Gasteiger partial charge is 0.387 e. The summed E-state index contributed by atoms with van der Waals surface area (Å²) in [6.07, 6.45) is 1.29. The summed E-state index contributed by atoms with van der Waals surface area (Å²) >= 11 is 12.1. The monoisotopic (exact) mass is 417 g/mol. The fourth-order valence-electron chi connectivity index (χ4n) is 2.49. The fourth-order valence-corrected chi connectivity index (χ4v) is 2.90. The molecule has 2 aromatic carbocycles. The molecule has 0 unspecified atom stereocenters. The first-order valence-electron chi connectivity index (χ1n) is 8.22. The van der Waals surface area contributed by atoms with E-state index in [2.05, 4.69) is 10.1 Å². The standard InChI is InChI=1S/C19H19Cl2F2NO3/c1-26-16-11-12(5-7-15(16)27-19(22)23)9-10-24-17(25)8-6-13-3-2-4-14(20)18(13)21/h2-5,7,11,19H,6,8-10H2,1H3,(H,24,25). The molecule has 0 spiro atoms. The van der Waals surface area contributed by atoms with Crippen molar-refractivity contribution in [3.8, 4) is 11.5 Å². The summed E-state index contributed by atoms with van der Waals surface area (Å²) < 4.78 is 34.1. The molecule has 0 saturated heterocycles. The Kier molecular flexibility index (Phi) is 8.13. The Labute approximate surface area is 166 Å². The number of alkyl halides is 2. The second kappa shape index (κ2) is 10.3. The molecular formula is C19H19Cl2F2NO3. The van der Waals surface area contributed by atoms with Crippen LogP contribution in [0.3, 0.4) is 0 Å². The number of hydrogen-bond donors (Lipinski definition) is 1. The van der Waals surface area contributed by atoms with Gasteiger partial charge >= 0.3 is 6.61 Å². The van der Waals surface area contributed by atoms with Crippen LogP contribution in [0.1, 0.15) is 17.5 Å². The van der Waals surface area contributed by atoms with Crippen LogP contribution in [0.15, 0.2) is 36.4 Å². The van der Waals surface area contributed by atoms with Gasteiger partial charge in [-0.1, -0.05) is 41.4 Å². The van der Waals surface area contributed by atoms with Gasteiger partial charge in [0, 0.05) is 13.0 Å². The van der Waals surface area contributed by atoms with Gasteiger partial charge in [-0.3, -0.25) is 4.79 Å². The molecule has 0 radical (unpaired) electrons. The average molecular weight is 418 g/mol. The molecule has 0 bridgehead atoms. The summed E-state index contributed by atoms with van der Waals surface area (Å²) in [5.41, 5.74) is 1.64. The van der Waals surface area contributed by atoms with Crippen molar-refractivity contribution >= 4 is 29.1 Å². The van der Waals surface area contributed by atoms with E-state index in [9.17, 15) is 13.6 Å². The van der Waals surface area contributed by atoms with Crippen LogP contribution in [0, 0.1) is 0 Å². The summed E-state index contributed by atoms with van der Waals surface area (Å²) in [7, 11) is 1.38. The zero-order valence-electron chi connectivity index (χ0n) is 14.6. The third-order valence-corrected chi connectivity index (χ3v) is 4.69. The molecule has 0 fully saturated rings.